The molecule has 0 amide bonds. The van der Waals surface area contributed by atoms with E-state index < -0.39 is 0 Å². The van der Waals surface area contributed by atoms with Gasteiger partial charge in [0.2, 0.25) is 0 Å². The fourth-order valence-electron chi connectivity index (χ4n) is 6.93. The molecule has 1 nitrogen and oxygen atoms in total. The number of hydrogen-bond acceptors (Lipinski definition) is 1. The fraction of sp³-hybridized carbons (Fsp3) is 0.818. The van der Waals surface area contributed by atoms with Gasteiger partial charge in [0.25, 0.3) is 0 Å². The molecule has 0 aliphatic heterocycles. The average molecular weight is 469 g/mol. The molecule has 0 heterocycles. The highest BCUT2D eigenvalue weighted by molar-refractivity contribution is 5.27. The van der Waals surface area contributed by atoms with Crippen LogP contribution in [0.15, 0.2) is 24.3 Å². The standard InChI is InChI=1S/C33H56O/c1-3-5-6-7-8-13-31-14-9-10-15-32(31)16-11-27-34-33-25-23-30(24-26-33)22-21-29-19-17-28(12-4-2)18-20-29/h23-26,28-29,31-32H,3-22,27H2,1-2H3. The van der Waals surface area contributed by atoms with Crippen molar-refractivity contribution in [2.75, 3.05) is 6.61 Å². The van der Waals surface area contributed by atoms with Gasteiger partial charge in [0, 0.05) is 0 Å². The third-order valence-corrected chi connectivity index (χ3v) is 9.16. The van der Waals surface area contributed by atoms with Crippen molar-refractivity contribution in [2.45, 2.75) is 142 Å². The number of unbranched alkanes of at least 4 members (excludes halogenated alkanes) is 4. The van der Waals surface area contributed by atoms with Crippen LogP contribution in [0, 0.1) is 23.7 Å². The minimum absolute atomic E-state index is 0.889. The van der Waals surface area contributed by atoms with Crippen LogP contribution in [-0.4, -0.2) is 6.61 Å². The minimum Gasteiger partial charge on any atom is -0.494 e. The van der Waals surface area contributed by atoms with Crippen LogP contribution in [-0.2, 0) is 6.42 Å². The second kappa shape index (κ2) is 16.6. The molecule has 2 fully saturated rings. The van der Waals surface area contributed by atoms with Gasteiger partial charge in [0.15, 0.2) is 0 Å². The van der Waals surface area contributed by atoms with E-state index in [1.165, 1.54) is 134 Å². The SMILES string of the molecule is CCCCCCCC1CCCCC1CCCOc1ccc(CCC2CCC(CCC)CC2)cc1. The Morgan fingerprint density at radius 3 is 1.88 bits per heavy atom. The van der Waals surface area contributed by atoms with Crippen LogP contribution in [0.1, 0.15) is 141 Å². The van der Waals surface area contributed by atoms with Gasteiger partial charge in [0.05, 0.1) is 6.61 Å². The highest BCUT2D eigenvalue weighted by Gasteiger charge is 2.24. The number of aryl methyl sites for hydroxylation is 1. The number of ether oxygens (including phenoxy) is 1. The van der Waals surface area contributed by atoms with E-state index in [1.54, 1.807) is 0 Å². The summed E-state index contributed by atoms with van der Waals surface area (Å²) in [6.45, 7) is 5.54. The molecule has 2 aliphatic carbocycles. The highest BCUT2D eigenvalue weighted by Crippen LogP contribution is 2.37. The minimum atomic E-state index is 0.889. The third kappa shape index (κ3) is 10.3. The van der Waals surface area contributed by atoms with E-state index in [1.807, 2.05) is 0 Å². The zero-order valence-corrected chi connectivity index (χ0v) is 22.9. The lowest BCUT2D eigenvalue weighted by Crippen LogP contribution is -2.20. The quantitative estimate of drug-likeness (QED) is 0.219. The molecule has 2 saturated carbocycles. The monoisotopic (exact) mass is 468 g/mol. The van der Waals surface area contributed by atoms with Crippen LogP contribution in [0.25, 0.3) is 0 Å². The van der Waals surface area contributed by atoms with Crippen molar-refractivity contribution in [1.29, 1.82) is 0 Å². The predicted molar refractivity (Wildman–Crippen MR) is 149 cm³/mol. The molecule has 34 heavy (non-hydrogen) atoms. The molecular formula is C33H56O. The molecule has 2 unspecified atom stereocenters. The predicted octanol–water partition coefficient (Wildman–Crippen LogP) is 10.6. The van der Waals surface area contributed by atoms with Crippen molar-refractivity contribution in [1.82, 2.24) is 0 Å². The Balaban J connectivity index is 1.27. The normalized spacial score (nSPS) is 25.4. The zero-order chi connectivity index (χ0) is 23.8. The number of hydrogen-bond donors (Lipinski definition) is 0. The maximum Gasteiger partial charge on any atom is 0.119 e. The van der Waals surface area contributed by atoms with E-state index in [0.29, 0.717) is 0 Å². The summed E-state index contributed by atoms with van der Waals surface area (Å²) in [6.07, 6.45) is 28.4. The van der Waals surface area contributed by atoms with Crippen LogP contribution in [0.5, 0.6) is 5.75 Å². The molecule has 0 N–H and O–H groups in total. The summed E-state index contributed by atoms with van der Waals surface area (Å²) >= 11 is 0. The van der Waals surface area contributed by atoms with Gasteiger partial charge in [-0.3, -0.25) is 0 Å². The second-order valence-electron chi connectivity index (χ2n) is 11.9. The van der Waals surface area contributed by atoms with Crippen molar-refractivity contribution in [3.05, 3.63) is 29.8 Å². The maximum absolute atomic E-state index is 6.14. The molecule has 0 bridgehead atoms. The lowest BCUT2D eigenvalue weighted by atomic mass is 9.74. The summed E-state index contributed by atoms with van der Waals surface area (Å²) in [5, 5.41) is 0. The summed E-state index contributed by atoms with van der Waals surface area (Å²) in [5.74, 6) is 5.01. The van der Waals surface area contributed by atoms with E-state index in [4.69, 9.17) is 4.74 Å². The van der Waals surface area contributed by atoms with Gasteiger partial charge in [-0.15, -0.1) is 0 Å². The van der Waals surface area contributed by atoms with Crippen LogP contribution in [0.2, 0.25) is 0 Å². The van der Waals surface area contributed by atoms with Crippen LogP contribution < -0.4 is 4.74 Å². The zero-order valence-electron chi connectivity index (χ0n) is 22.9. The van der Waals surface area contributed by atoms with Crippen molar-refractivity contribution in [2.24, 2.45) is 23.7 Å². The van der Waals surface area contributed by atoms with E-state index in [9.17, 15) is 0 Å². The van der Waals surface area contributed by atoms with Crippen LogP contribution in [0.3, 0.4) is 0 Å². The lowest BCUT2D eigenvalue weighted by molar-refractivity contribution is 0.190. The van der Waals surface area contributed by atoms with Gasteiger partial charge in [-0.2, -0.15) is 0 Å². The van der Waals surface area contributed by atoms with Crippen LogP contribution in [0.4, 0.5) is 0 Å². The summed E-state index contributed by atoms with van der Waals surface area (Å²) in [5.41, 5.74) is 1.49. The van der Waals surface area contributed by atoms with E-state index >= 15 is 0 Å². The van der Waals surface area contributed by atoms with Crippen molar-refractivity contribution in [3.63, 3.8) is 0 Å². The average Bonchev–Trinajstić information content (AvgIpc) is 2.88. The van der Waals surface area contributed by atoms with Crippen LogP contribution >= 0.6 is 0 Å². The van der Waals surface area contributed by atoms with Crippen molar-refractivity contribution < 1.29 is 4.74 Å². The van der Waals surface area contributed by atoms with E-state index in [0.717, 1.165) is 36.0 Å². The summed E-state index contributed by atoms with van der Waals surface area (Å²) in [6, 6.07) is 9.06. The van der Waals surface area contributed by atoms with Gasteiger partial charge >= 0.3 is 0 Å². The molecule has 194 valence electrons. The first kappa shape index (κ1) is 27.6. The Hall–Kier alpha value is -0.980. The topological polar surface area (TPSA) is 9.23 Å². The molecule has 1 aromatic rings. The molecule has 0 aromatic heterocycles. The fourth-order valence-corrected chi connectivity index (χ4v) is 6.93. The second-order valence-corrected chi connectivity index (χ2v) is 11.9. The van der Waals surface area contributed by atoms with Gasteiger partial charge in [-0.05, 0) is 67.1 Å². The molecule has 1 heteroatoms. The van der Waals surface area contributed by atoms with Gasteiger partial charge in [-0.25, -0.2) is 0 Å². The molecule has 0 saturated heterocycles. The van der Waals surface area contributed by atoms with Crippen molar-refractivity contribution in [3.8, 4) is 5.75 Å². The Labute approximate surface area is 212 Å². The van der Waals surface area contributed by atoms with Gasteiger partial charge in [0.1, 0.15) is 5.75 Å². The molecule has 3 rings (SSSR count). The van der Waals surface area contributed by atoms with Gasteiger partial charge < -0.3 is 4.74 Å². The van der Waals surface area contributed by atoms with E-state index in [-0.39, 0.29) is 0 Å². The Morgan fingerprint density at radius 1 is 0.618 bits per heavy atom. The molecular weight excluding hydrogens is 412 g/mol. The molecule has 0 spiro atoms. The molecule has 1 aromatic carbocycles. The van der Waals surface area contributed by atoms with E-state index in [2.05, 4.69) is 38.1 Å². The Kier molecular flexibility index (Phi) is 13.5. The maximum atomic E-state index is 6.14. The Bertz CT molecular complexity index is 612. The lowest BCUT2D eigenvalue weighted by Gasteiger charge is -2.32. The first-order valence-corrected chi connectivity index (χ1v) is 15.5. The highest BCUT2D eigenvalue weighted by atomic mass is 16.5. The summed E-state index contributed by atoms with van der Waals surface area (Å²) in [7, 11) is 0. The summed E-state index contributed by atoms with van der Waals surface area (Å²) < 4.78 is 6.14. The molecule has 2 aliphatic rings. The third-order valence-electron chi connectivity index (χ3n) is 9.16. The van der Waals surface area contributed by atoms with Gasteiger partial charge in [-0.1, -0.05) is 129 Å². The summed E-state index contributed by atoms with van der Waals surface area (Å²) in [4.78, 5) is 0. The largest absolute Gasteiger partial charge is 0.494 e. The number of rotatable bonds is 16. The number of benzene rings is 1. The smallest absolute Gasteiger partial charge is 0.119 e. The Morgan fingerprint density at radius 2 is 1.24 bits per heavy atom. The molecule has 2 atom stereocenters. The van der Waals surface area contributed by atoms with Crippen molar-refractivity contribution >= 4 is 0 Å². The first-order chi connectivity index (χ1) is 16.8. The first-order valence-electron chi connectivity index (χ1n) is 15.5. The molecule has 0 radical (unpaired) electrons.